The number of amides is 1. The molecule has 2 heterocycles. The fourth-order valence-electron chi connectivity index (χ4n) is 2.78. The summed E-state index contributed by atoms with van der Waals surface area (Å²) in [4.78, 5) is 14.0. The van der Waals surface area contributed by atoms with Crippen molar-refractivity contribution in [2.75, 3.05) is 19.7 Å². The Kier molecular flexibility index (Phi) is 3.08. The van der Waals surface area contributed by atoms with Gasteiger partial charge in [-0.2, -0.15) is 0 Å². The summed E-state index contributed by atoms with van der Waals surface area (Å²) >= 11 is 0. The number of nitrogens with zero attached hydrogens (tertiary/aromatic N) is 1. The summed E-state index contributed by atoms with van der Waals surface area (Å²) in [6.45, 7) is 7.03. The summed E-state index contributed by atoms with van der Waals surface area (Å²) in [5, 5.41) is 12.9. The lowest BCUT2D eigenvalue weighted by Gasteiger charge is -2.44. The van der Waals surface area contributed by atoms with Gasteiger partial charge in [0.1, 0.15) is 5.60 Å². The Hall–Kier alpha value is -0.810. The number of hydrogen-bond donors (Lipinski definition) is 2. The molecule has 5 nitrogen and oxygen atoms in total. The minimum absolute atomic E-state index is 0.00422. The molecule has 1 amide bonds. The Morgan fingerprint density at radius 1 is 1.59 bits per heavy atom. The van der Waals surface area contributed by atoms with Gasteiger partial charge in [-0.25, -0.2) is 4.79 Å². The van der Waals surface area contributed by atoms with Gasteiger partial charge in [-0.05, 0) is 33.6 Å². The number of aliphatic hydroxyl groups excluding tert-OH is 1. The first-order valence-electron chi connectivity index (χ1n) is 6.22. The van der Waals surface area contributed by atoms with Crippen LogP contribution >= 0.6 is 0 Å². The zero-order valence-corrected chi connectivity index (χ0v) is 10.8. The third-order valence-electron chi connectivity index (χ3n) is 3.54. The Morgan fingerprint density at radius 2 is 2.29 bits per heavy atom. The molecule has 0 unspecified atom stereocenters. The number of aliphatic hydroxyl groups is 1. The number of carbonyl (C=O) groups is 1. The molecule has 98 valence electrons. The van der Waals surface area contributed by atoms with Crippen molar-refractivity contribution in [3.8, 4) is 0 Å². The first-order valence-corrected chi connectivity index (χ1v) is 6.22. The van der Waals surface area contributed by atoms with Gasteiger partial charge in [0.05, 0.1) is 12.1 Å². The van der Waals surface area contributed by atoms with Crippen LogP contribution < -0.4 is 5.32 Å². The van der Waals surface area contributed by atoms with Crippen molar-refractivity contribution in [1.82, 2.24) is 10.2 Å². The van der Waals surface area contributed by atoms with Gasteiger partial charge in [0.25, 0.3) is 0 Å². The van der Waals surface area contributed by atoms with Gasteiger partial charge in [-0.1, -0.05) is 0 Å². The normalized spacial score (nSPS) is 32.7. The molecule has 0 saturated carbocycles. The predicted octanol–water partition coefficient (Wildman–Crippen LogP) is 0.720. The van der Waals surface area contributed by atoms with Crippen LogP contribution in [0.3, 0.4) is 0 Å². The van der Waals surface area contributed by atoms with Crippen LogP contribution in [-0.2, 0) is 4.74 Å². The fourth-order valence-corrected chi connectivity index (χ4v) is 2.78. The molecule has 2 fully saturated rings. The SMILES string of the molecule is CC(C)(C)OC(=O)N1[C@H]2CC[C@]1(CO)CNC2. The van der Waals surface area contributed by atoms with Crippen molar-refractivity contribution >= 4 is 6.09 Å². The van der Waals surface area contributed by atoms with Crippen molar-refractivity contribution in [3.63, 3.8) is 0 Å². The van der Waals surface area contributed by atoms with Crippen LogP contribution in [-0.4, -0.2) is 53.0 Å². The Balaban J connectivity index is 2.16. The largest absolute Gasteiger partial charge is 0.444 e. The standard InChI is InChI=1S/C12H22N2O3/c1-11(2,3)17-10(16)14-9-4-5-12(14,8-15)7-13-6-9/h9,13,15H,4-8H2,1-3H3/t9-,12+/m0/s1. The molecule has 2 N–H and O–H groups in total. The lowest BCUT2D eigenvalue weighted by Crippen LogP contribution is -2.64. The van der Waals surface area contributed by atoms with E-state index in [1.807, 2.05) is 20.8 Å². The zero-order valence-electron chi connectivity index (χ0n) is 10.8. The number of rotatable bonds is 1. The molecule has 2 aliphatic rings. The number of piperazine rings is 1. The first kappa shape index (κ1) is 12.6. The monoisotopic (exact) mass is 242 g/mol. The lowest BCUT2D eigenvalue weighted by atomic mass is 9.97. The lowest BCUT2D eigenvalue weighted by molar-refractivity contribution is -0.0243. The third-order valence-corrected chi connectivity index (χ3v) is 3.54. The molecule has 2 bridgehead atoms. The van der Waals surface area contributed by atoms with E-state index < -0.39 is 11.1 Å². The third kappa shape index (κ3) is 2.26. The fraction of sp³-hybridized carbons (Fsp3) is 0.917. The molecular weight excluding hydrogens is 220 g/mol. The minimum Gasteiger partial charge on any atom is -0.444 e. The molecule has 0 aliphatic carbocycles. The van der Waals surface area contributed by atoms with Crippen LogP contribution in [0.2, 0.25) is 0 Å². The van der Waals surface area contributed by atoms with Crippen LogP contribution in [0.1, 0.15) is 33.6 Å². The van der Waals surface area contributed by atoms with E-state index in [1.165, 1.54) is 0 Å². The van der Waals surface area contributed by atoms with Crippen molar-refractivity contribution < 1.29 is 14.6 Å². The maximum Gasteiger partial charge on any atom is 0.411 e. The number of fused-ring (bicyclic) bond motifs is 2. The van der Waals surface area contributed by atoms with Gasteiger partial charge in [0.2, 0.25) is 0 Å². The van der Waals surface area contributed by atoms with Gasteiger partial charge in [-0.3, -0.25) is 4.90 Å². The van der Waals surface area contributed by atoms with Crippen molar-refractivity contribution in [3.05, 3.63) is 0 Å². The average molecular weight is 242 g/mol. The highest BCUT2D eigenvalue weighted by Crippen LogP contribution is 2.37. The molecule has 0 spiro atoms. The quantitative estimate of drug-likeness (QED) is 0.711. The molecule has 5 heteroatoms. The number of hydrogen-bond acceptors (Lipinski definition) is 4. The first-order chi connectivity index (χ1) is 7.88. The van der Waals surface area contributed by atoms with Crippen molar-refractivity contribution in [1.29, 1.82) is 0 Å². The molecule has 2 saturated heterocycles. The molecule has 2 atom stereocenters. The Labute approximate surface area is 102 Å². The molecule has 17 heavy (non-hydrogen) atoms. The molecule has 0 aromatic heterocycles. The smallest absolute Gasteiger partial charge is 0.411 e. The summed E-state index contributed by atoms with van der Waals surface area (Å²) in [6, 6.07) is 0.158. The Bertz CT molecular complexity index is 309. The number of carbonyl (C=O) groups excluding carboxylic acids is 1. The van der Waals surface area contributed by atoms with E-state index in [0.717, 1.165) is 19.4 Å². The van der Waals surface area contributed by atoms with Crippen LogP contribution in [0.4, 0.5) is 4.79 Å². The summed E-state index contributed by atoms with van der Waals surface area (Å²) in [6.07, 6.45) is 1.49. The summed E-state index contributed by atoms with van der Waals surface area (Å²) < 4.78 is 5.43. The van der Waals surface area contributed by atoms with E-state index in [2.05, 4.69) is 5.32 Å². The van der Waals surface area contributed by atoms with Gasteiger partial charge in [0, 0.05) is 19.1 Å². The summed E-state index contributed by atoms with van der Waals surface area (Å²) in [7, 11) is 0. The predicted molar refractivity (Wildman–Crippen MR) is 63.8 cm³/mol. The van der Waals surface area contributed by atoms with E-state index in [-0.39, 0.29) is 18.7 Å². The minimum atomic E-state index is -0.488. The van der Waals surface area contributed by atoms with E-state index in [1.54, 1.807) is 4.90 Å². The summed E-state index contributed by atoms with van der Waals surface area (Å²) in [5.41, 5.74) is -0.941. The maximum absolute atomic E-state index is 12.2. The van der Waals surface area contributed by atoms with E-state index in [4.69, 9.17) is 4.74 Å². The highest BCUT2D eigenvalue weighted by Gasteiger charge is 2.52. The molecule has 0 aromatic rings. The van der Waals surface area contributed by atoms with Crippen LogP contribution in [0, 0.1) is 0 Å². The van der Waals surface area contributed by atoms with Gasteiger partial charge < -0.3 is 15.2 Å². The molecule has 2 rings (SSSR count). The van der Waals surface area contributed by atoms with Gasteiger partial charge in [-0.15, -0.1) is 0 Å². The average Bonchev–Trinajstić information content (AvgIpc) is 2.44. The molecular formula is C12H22N2O3. The topological polar surface area (TPSA) is 61.8 Å². The maximum atomic E-state index is 12.2. The number of ether oxygens (including phenoxy) is 1. The van der Waals surface area contributed by atoms with Crippen molar-refractivity contribution in [2.45, 2.75) is 50.8 Å². The van der Waals surface area contributed by atoms with Gasteiger partial charge >= 0.3 is 6.09 Å². The van der Waals surface area contributed by atoms with Gasteiger partial charge in [0.15, 0.2) is 0 Å². The zero-order chi connectivity index (χ0) is 12.7. The summed E-state index contributed by atoms with van der Waals surface area (Å²) in [5.74, 6) is 0. The Morgan fingerprint density at radius 3 is 2.88 bits per heavy atom. The highest BCUT2D eigenvalue weighted by molar-refractivity contribution is 5.70. The van der Waals surface area contributed by atoms with Crippen LogP contribution in [0.5, 0.6) is 0 Å². The second kappa shape index (κ2) is 4.14. The highest BCUT2D eigenvalue weighted by atomic mass is 16.6. The van der Waals surface area contributed by atoms with Crippen molar-refractivity contribution in [2.24, 2.45) is 0 Å². The molecule has 0 radical (unpaired) electrons. The van der Waals surface area contributed by atoms with E-state index in [9.17, 15) is 9.90 Å². The van der Waals surface area contributed by atoms with Crippen LogP contribution in [0.25, 0.3) is 0 Å². The number of nitrogens with one attached hydrogen (secondary N) is 1. The second-order valence-electron chi connectivity index (χ2n) is 6.06. The molecule has 0 aromatic carbocycles. The molecule has 2 aliphatic heterocycles. The van der Waals surface area contributed by atoms with Crippen LogP contribution in [0.15, 0.2) is 0 Å². The van der Waals surface area contributed by atoms with E-state index >= 15 is 0 Å². The second-order valence-corrected chi connectivity index (χ2v) is 6.06. The van der Waals surface area contributed by atoms with E-state index in [0.29, 0.717) is 6.54 Å².